The Morgan fingerprint density at radius 2 is 2.06 bits per heavy atom. The second-order valence-electron chi connectivity index (χ2n) is 5.66. The number of ether oxygens (including phenoxy) is 1. The molecule has 0 aliphatic carbocycles. The maximum atomic E-state index is 5.39. The molecule has 0 bridgehead atoms. The van der Waals surface area contributed by atoms with Gasteiger partial charge < -0.3 is 15.4 Å². The van der Waals surface area contributed by atoms with Crippen LogP contribution in [0.3, 0.4) is 0 Å². The fraction of sp³-hybridized carbons (Fsp3) is 0.571. The third-order valence-corrected chi connectivity index (χ3v) is 3.36. The lowest BCUT2D eigenvalue weighted by Crippen LogP contribution is -2.34. The summed E-state index contributed by atoms with van der Waals surface area (Å²) in [6.45, 7) is 7.80. The van der Waals surface area contributed by atoms with E-state index in [1.165, 1.54) is 0 Å². The van der Waals surface area contributed by atoms with Gasteiger partial charge in [0.1, 0.15) is 11.4 Å². The summed E-state index contributed by atoms with van der Waals surface area (Å²) in [5, 5.41) is 7.09. The van der Waals surface area contributed by atoms with E-state index >= 15 is 0 Å². The first-order chi connectivity index (χ1) is 8.02. The molecular weight excluding hydrogens is 212 g/mol. The average Bonchev–Trinajstić information content (AvgIpc) is 2.49. The highest BCUT2D eigenvalue weighted by atomic mass is 16.5. The topological polar surface area (TPSA) is 33.3 Å². The fourth-order valence-corrected chi connectivity index (χ4v) is 2.25. The van der Waals surface area contributed by atoms with E-state index < -0.39 is 0 Å². The highest BCUT2D eigenvalue weighted by molar-refractivity contribution is 5.76. The number of rotatable bonds is 1. The molecule has 94 valence electrons. The number of hydrogen-bond acceptors (Lipinski definition) is 3. The summed E-state index contributed by atoms with van der Waals surface area (Å²) < 4.78 is 5.39. The molecule has 1 aromatic rings. The van der Waals surface area contributed by atoms with Gasteiger partial charge in [0.05, 0.1) is 12.8 Å². The van der Waals surface area contributed by atoms with Crippen LogP contribution in [0.4, 0.5) is 11.4 Å². The van der Waals surface area contributed by atoms with Crippen molar-refractivity contribution in [1.29, 1.82) is 0 Å². The molecule has 0 aromatic heterocycles. The monoisotopic (exact) mass is 234 g/mol. The number of fused-ring (bicyclic) bond motifs is 1. The zero-order valence-corrected chi connectivity index (χ0v) is 11.1. The molecule has 0 fully saturated rings. The molecule has 1 aromatic carbocycles. The SMILES string of the molecule is COc1cccc2c1NCCC(C(C)(C)C)N2. The molecule has 3 heteroatoms. The summed E-state index contributed by atoms with van der Waals surface area (Å²) in [6, 6.07) is 6.60. The minimum Gasteiger partial charge on any atom is -0.495 e. The van der Waals surface area contributed by atoms with Gasteiger partial charge in [-0.15, -0.1) is 0 Å². The van der Waals surface area contributed by atoms with E-state index in [1.807, 2.05) is 12.1 Å². The molecule has 0 amide bonds. The van der Waals surface area contributed by atoms with Crippen molar-refractivity contribution in [2.24, 2.45) is 5.41 Å². The van der Waals surface area contributed by atoms with Gasteiger partial charge in [-0.05, 0) is 24.0 Å². The van der Waals surface area contributed by atoms with Crippen LogP contribution in [-0.2, 0) is 0 Å². The molecule has 0 saturated heterocycles. The highest BCUT2D eigenvalue weighted by Gasteiger charge is 2.27. The number of hydrogen-bond donors (Lipinski definition) is 2. The quantitative estimate of drug-likeness (QED) is 0.782. The van der Waals surface area contributed by atoms with Crippen molar-refractivity contribution in [2.45, 2.75) is 33.2 Å². The maximum absolute atomic E-state index is 5.39. The van der Waals surface area contributed by atoms with Gasteiger partial charge in [0, 0.05) is 12.6 Å². The number of nitrogens with one attached hydrogen (secondary N) is 2. The van der Waals surface area contributed by atoms with Crippen molar-refractivity contribution in [3.05, 3.63) is 18.2 Å². The molecule has 2 rings (SSSR count). The molecule has 1 heterocycles. The van der Waals surface area contributed by atoms with Crippen LogP contribution in [0.15, 0.2) is 18.2 Å². The van der Waals surface area contributed by atoms with Crippen LogP contribution in [0.5, 0.6) is 5.75 Å². The molecule has 2 N–H and O–H groups in total. The number of para-hydroxylation sites is 1. The maximum Gasteiger partial charge on any atom is 0.144 e. The second kappa shape index (κ2) is 4.47. The Kier molecular flexibility index (Phi) is 3.18. The van der Waals surface area contributed by atoms with Crippen LogP contribution in [0.2, 0.25) is 0 Å². The number of anilines is 2. The van der Waals surface area contributed by atoms with Gasteiger partial charge in [0.2, 0.25) is 0 Å². The normalized spacial score (nSPS) is 19.6. The Morgan fingerprint density at radius 1 is 1.29 bits per heavy atom. The summed E-state index contributed by atoms with van der Waals surface area (Å²) in [5.41, 5.74) is 2.48. The third-order valence-electron chi connectivity index (χ3n) is 3.36. The predicted molar refractivity (Wildman–Crippen MR) is 73.0 cm³/mol. The van der Waals surface area contributed by atoms with E-state index in [2.05, 4.69) is 37.5 Å². The summed E-state index contributed by atoms with van der Waals surface area (Å²) >= 11 is 0. The van der Waals surface area contributed by atoms with E-state index in [4.69, 9.17) is 4.74 Å². The van der Waals surface area contributed by atoms with Gasteiger partial charge >= 0.3 is 0 Å². The minimum atomic E-state index is 0.256. The third kappa shape index (κ3) is 2.48. The van der Waals surface area contributed by atoms with Crippen LogP contribution in [0.1, 0.15) is 27.2 Å². The van der Waals surface area contributed by atoms with Crippen LogP contribution in [-0.4, -0.2) is 19.7 Å². The summed E-state index contributed by atoms with van der Waals surface area (Å²) in [4.78, 5) is 0. The molecule has 1 unspecified atom stereocenters. The molecule has 0 saturated carbocycles. The van der Waals surface area contributed by atoms with Crippen molar-refractivity contribution >= 4 is 11.4 Å². The largest absolute Gasteiger partial charge is 0.495 e. The zero-order chi connectivity index (χ0) is 12.5. The highest BCUT2D eigenvalue weighted by Crippen LogP contribution is 2.37. The molecule has 1 aliphatic heterocycles. The van der Waals surface area contributed by atoms with Crippen LogP contribution in [0, 0.1) is 5.41 Å². The lowest BCUT2D eigenvalue weighted by Gasteiger charge is -2.31. The van der Waals surface area contributed by atoms with Crippen molar-refractivity contribution in [2.75, 3.05) is 24.3 Å². The van der Waals surface area contributed by atoms with Crippen LogP contribution >= 0.6 is 0 Å². The fourth-order valence-electron chi connectivity index (χ4n) is 2.25. The number of methoxy groups -OCH3 is 1. The lowest BCUT2D eigenvalue weighted by atomic mass is 9.85. The van der Waals surface area contributed by atoms with Crippen molar-refractivity contribution in [3.8, 4) is 5.75 Å². The van der Waals surface area contributed by atoms with Gasteiger partial charge in [-0.1, -0.05) is 26.8 Å². The van der Waals surface area contributed by atoms with Crippen LogP contribution < -0.4 is 15.4 Å². The smallest absolute Gasteiger partial charge is 0.144 e. The first-order valence-corrected chi connectivity index (χ1v) is 6.20. The van der Waals surface area contributed by atoms with Gasteiger partial charge in [0.25, 0.3) is 0 Å². The Bertz CT molecular complexity index is 396. The molecule has 0 radical (unpaired) electrons. The van der Waals surface area contributed by atoms with Gasteiger partial charge in [0.15, 0.2) is 0 Å². The first kappa shape index (κ1) is 12.1. The van der Waals surface area contributed by atoms with Gasteiger partial charge in [-0.2, -0.15) is 0 Å². The zero-order valence-electron chi connectivity index (χ0n) is 11.1. The van der Waals surface area contributed by atoms with Gasteiger partial charge in [-0.3, -0.25) is 0 Å². The summed E-state index contributed by atoms with van der Waals surface area (Å²) in [6.07, 6.45) is 1.11. The van der Waals surface area contributed by atoms with Crippen molar-refractivity contribution in [3.63, 3.8) is 0 Å². The number of benzene rings is 1. The van der Waals surface area contributed by atoms with Gasteiger partial charge in [-0.25, -0.2) is 0 Å². The molecule has 3 nitrogen and oxygen atoms in total. The molecule has 17 heavy (non-hydrogen) atoms. The molecule has 1 aliphatic rings. The first-order valence-electron chi connectivity index (χ1n) is 6.20. The molecular formula is C14H22N2O. The van der Waals surface area contributed by atoms with E-state index in [-0.39, 0.29) is 5.41 Å². The van der Waals surface area contributed by atoms with Crippen molar-refractivity contribution < 1.29 is 4.74 Å². The van der Waals surface area contributed by atoms with Crippen molar-refractivity contribution in [1.82, 2.24) is 0 Å². The van der Waals surface area contributed by atoms with Crippen LogP contribution in [0.25, 0.3) is 0 Å². The summed E-state index contributed by atoms with van der Waals surface area (Å²) in [7, 11) is 1.71. The summed E-state index contributed by atoms with van der Waals surface area (Å²) in [5.74, 6) is 0.907. The Hall–Kier alpha value is -1.38. The van der Waals surface area contributed by atoms with E-state index in [0.717, 1.165) is 30.1 Å². The lowest BCUT2D eigenvalue weighted by molar-refractivity contribution is 0.332. The average molecular weight is 234 g/mol. The van der Waals surface area contributed by atoms with E-state index in [1.54, 1.807) is 7.11 Å². The Morgan fingerprint density at radius 3 is 2.71 bits per heavy atom. The molecule has 1 atom stereocenters. The van der Waals surface area contributed by atoms with E-state index in [9.17, 15) is 0 Å². The van der Waals surface area contributed by atoms with E-state index in [0.29, 0.717) is 6.04 Å². The predicted octanol–water partition coefficient (Wildman–Crippen LogP) is 3.34. The standard InChI is InChI=1S/C14H22N2O/c1-14(2,3)12-8-9-15-13-10(16-12)6-5-7-11(13)17-4/h5-7,12,15-16H,8-9H2,1-4H3. The minimum absolute atomic E-state index is 0.256. The second-order valence-corrected chi connectivity index (χ2v) is 5.66. The Balaban J connectivity index is 2.32. The Labute approximate surface area is 104 Å². The molecule has 0 spiro atoms.